The van der Waals surface area contributed by atoms with Crippen LogP contribution in [-0.4, -0.2) is 12.9 Å². The maximum atomic E-state index is 12.2. The van der Waals surface area contributed by atoms with E-state index in [1.54, 1.807) is 7.11 Å². The van der Waals surface area contributed by atoms with E-state index in [4.69, 9.17) is 4.74 Å². The summed E-state index contributed by atoms with van der Waals surface area (Å²) in [6, 6.07) is 16.1. The lowest BCUT2D eigenvalue weighted by atomic mass is 9.78. The van der Waals surface area contributed by atoms with Crippen molar-refractivity contribution in [2.24, 2.45) is 0 Å². The molecule has 1 aliphatic rings. The molecule has 0 aliphatic heterocycles. The Bertz CT molecular complexity index is 643. The Morgan fingerprint density at radius 1 is 1.10 bits per heavy atom. The summed E-state index contributed by atoms with van der Waals surface area (Å²) in [7, 11) is 1.67. The molecule has 2 aromatic rings. The van der Waals surface area contributed by atoms with E-state index in [1.165, 1.54) is 11.1 Å². The van der Waals surface area contributed by atoms with E-state index in [2.05, 4.69) is 25.1 Å². The number of methoxy groups -OCH3 is 1. The summed E-state index contributed by atoms with van der Waals surface area (Å²) in [5, 5.41) is 0. The van der Waals surface area contributed by atoms with E-state index < -0.39 is 0 Å². The molecule has 0 aromatic heterocycles. The summed E-state index contributed by atoms with van der Waals surface area (Å²) >= 11 is 0. The number of carbonyl (C=O) groups is 1. The van der Waals surface area contributed by atoms with Gasteiger partial charge in [-0.1, -0.05) is 43.3 Å². The van der Waals surface area contributed by atoms with Crippen molar-refractivity contribution in [1.82, 2.24) is 0 Å². The molecule has 0 unspecified atom stereocenters. The molecule has 0 N–H and O–H groups in total. The Hall–Kier alpha value is -2.09. The lowest BCUT2D eigenvalue weighted by Crippen LogP contribution is -2.22. The van der Waals surface area contributed by atoms with Gasteiger partial charge < -0.3 is 4.74 Å². The van der Waals surface area contributed by atoms with Gasteiger partial charge in [-0.15, -0.1) is 0 Å². The molecular formula is C18H18O2. The second-order valence-electron chi connectivity index (χ2n) is 5.73. The average molecular weight is 266 g/mol. The van der Waals surface area contributed by atoms with Gasteiger partial charge in [-0.3, -0.25) is 4.79 Å². The summed E-state index contributed by atoms with van der Waals surface area (Å²) in [6.45, 7) is 2.18. The number of hydrogen-bond acceptors (Lipinski definition) is 2. The number of benzene rings is 2. The topological polar surface area (TPSA) is 26.3 Å². The molecule has 20 heavy (non-hydrogen) atoms. The molecule has 0 amide bonds. The highest BCUT2D eigenvalue weighted by atomic mass is 16.5. The van der Waals surface area contributed by atoms with Crippen LogP contribution >= 0.6 is 0 Å². The van der Waals surface area contributed by atoms with Crippen molar-refractivity contribution in [2.75, 3.05) is 7.11 Å². The van der Waals surface area contributed by atoms with Crippen LogP contribution in [0.1, 0.15) is 34.8 Å². The molecule has 0 fully saturated rings. The summed E-state index contributed by atoms with van der Waals surface area (Å²) in [5.41, 5.74) is 3.21. The van der Waals surface area contributed by atoms with Gasteiger partial charge in [0.15, 0.2) is 5.78 Å². The van der Waals surface area contributed by atoms with Crippen LogP contribution in [-0.2, 0) is 11.8 Å². The second kappa shape index (κ2) is 4.78. The van der Waals surface area contributed by atoms with Crippen molar-refractivity contribution < 1.29 is 9.53 Å². The van der Waals surface area contributed by atoms with Crippen LogP contribution in [0, 0.1) is 0 Å². The van der Waals surface area contributed by atoms with Crippen LogP contribution in [0.5, 0.6) is 5.75 Å². The number of carbonyl (C=O) groups excluding carboxylic acids is 1. The molecule has 0 heterocycles. The summed E-state index contributed by atoms with van der Waals surface area (Å²) in [5.74, 6) is 1.12. The standard InChI is InChI=1S/C18H18O2/c1-18(11-13-7-9-14(20-2)10-8-13)12-17(19)15-5-3-4-6-16(15)18/h3-10H,11-12H2,1-2H3/t18-/m1/s1. The van der Waals surface area contributed by atoms with Gasteiger partial charge in [0.05, 0.1) is 7.11 Å². The Labute approximate surface area is 119 Å². The fourth-order valence-electron chi connectivity index (χ4n) is 3.15. The van der Waals surface area contributed by atoms with E-state index in [1.807, 2.05) is 30.3 Å². The van der Waals surface area contributed by atoms with Gasteiger partial charge in [-0.25, -0.2) is 0 Å². The van der Waals surface area contributed by atoms with Crippen molar-refractivity contribution >= 4 is 5.78 Å². The van der Waals surface area contributed by atoms with E-state index >= 15 is 0 Å². The van der Waals surface area contributed by atoms with Crippen LogP contribution in [0.25, 0.3) is 0 Å². The Morgan fingerprint density at radius 2 is 1.80 bits per heavy atom. The van der Waals surface area contributed by atoms with Crippen molar-refractivity contribution in [1.29, 1.82) is 0 Å². The zero-order valence-corrected chi connectivity index (χ0v) is 11.8. The third-order valence-corrected chi connectivity index (χ3v) is 4.18. The summed E-state index contributed by atoms with van der Waals surface area (Å²) in [4.78, 5) is 12.2. The van der Waals surface area contributed by atoms with Crippen LogP contribution in [0.15, 0.2) is 48.5 Å². The molecule has 0 spiro atoms. The van der Waals surface area contributed by atoms with Gasteiger partial charge in [0.1, 0.15) is 5.75 Å². The fraction of sp³-hybridized carbons (Fsp3) is 0.278. The van der Waals surface area contributed by atoms with Crippen molar-refractivity contribution in [3.05, 3.63) is 65.2 Å². The van der Waals surface area contributed by atoms with Gasteiger partial charge in [-0.2, -0.15) is 0 Å². The van der Waals surface area contributed by atoms with Crippen LogP contribution < -0.4 is 4.74 Å². The third kappa shape index (κ3) is 2.11. The smallest absolute Gasteiger partial charge is 0.164 e. The maximum Gasteiger partial charge on any atom is 0.164 e. The van der Waals surface area contributed by atoms with Crippen LogP contribution in [0.3, 0.4) is 0 Å². The molecule has 2 heteroatoms. The molecule has 1 aliphatic carbocycles. The van der Waals surface area contributed by atoms with E-state index in [0.717, 1.165) is 17.7 Å². The summed E-state index contributed by atoms with van der Waals surface area (Å²) < 4.78 is 5.18. The SMILES string of the molecule is COc1ccc(C[C@]2(C)CC(=O)c3ccccc32)cc1. The highest BCUT2D eigenvalue weighted by molar-refractivity contribution is 6.02. The van der Waals surface area contributed by atoms with Crippen LogP contribution in [0.4, 0.5) is 0 Å². The molecule has 3 rings (SSSR count). The largest absolute Gasteiger partial charge is 0.497 e. The predicted octanol–water partition coefficient (Wildman–Crippen LogP) is 3.78. The van der Waals surface area contributed by atoms with Gasteiger partial charge in [0.2, 0.25) is 0 Å². The normalized spacial score (nSPS) is 20.8. The second-order valence-corrected chi connectivity index (χ2v) is 5.73. The number of hydrogen-bond donors (Lipinski definition) is 0. The van der Waals surface area contributed by atoms with Crippen molar-refractivity contribution in [3.8, 4) is 5.75 Å². The maximum absolute atomic E-state index is 12.2. The van der Waals surface area contributed by atoms with E-state index in [0.29, 0.717) is 6.42 Å². The molecule has 0 radical (unpaired) electrons. The zero-order valence-electron chi connectivity index (χ0n) is 11.8. The minimum atomic E-state index is -0.0950. The number of fused-ring (bicyclic) bond motifs is 1. The lowest BCUT2D eigenvalue weighted by Gasteiger charge is -2.24. The third-order valence-electron chi connectivity index (χ3n) is 4.18. The molecule has 0 bridgehead atoms. The number of ether oxygens (including phenoxy) is 1. The molecule has 2 nitrogen and oxygen atoms in total. The fourth-order valence-corrected chi connectivity index (χ4v) is 3.15. The van der Waals surface area contributed by atoms with Gasteiger partial charge in [-0.05, 0) is 29.7 Å². The number of rotatable bonds is 3. The molecule has 2 aromatic carbocycles. The molecular weight excluding hydrogens is 248 g/mol. The highest BCUT2D eigenvalue weighted by Crippen LogP contribution is 2.41. The first kappa shape index (κ1) is 12.9. The first-order chi connectivity index (χ1) is 9.62. The monoisotopic (exact) mass is 266 g/mol. The molecule has 0 saturated heterocycles. The van der Waals surface area contributed by atoms with E-state index in [9.17, 15) is 4.79 Å². The number of Topliss-reactive ketones (excluding diaryl/α,β-unsaturated/α-hetero) is 1. The Kier molecular flexibility index (Phi) is 3.09. The van der Waals surface area contributed by atoms with Gasteiger partial charge in [0.25, 0.3) is 0 Å². The molecule has 1 atom stereocenters. The van der Waals surface area contributed by atoms with E-state index in [-0.39, 0.29) is 11.2 Å². The number of ketones is 1. The quantitative estimate of drug-likeness (QED) is 0.845. The van der Waals surface area contributed by atoms with Crippen molar-refractivity contribution in [2.45, 2.75) is 25.2 Å². The highest BCUT2D eigenvalue weighted by Gasteiger charge is 2.39. The zero-order chi connectivity index (χ0) is 14.2. The van der Waals surface area contributed by atoms with Crippen LogP contribution in [0.2, 0.25) is 0 Å². The van der Waals surface area contributed by atoms with Gasteiger partial charge >= 0.3 is 0 Å². The average Bonchev–Trinajstić information content (AvgIpc) is 2.72. The first-order valence-electron chi connectivity index (χ1n) is 6.88. The summed E-state index contributed by atoms with van der Waals surface area (Å²) in [6.07, 6.45) is 1.47. The molecule has 102 valence electrons. The minimum absolute atomic E-state index is 0.0950. The van der Waals surface area contributed by atoms with Gasteiger partial charge in [0, 0.05) is 17.4 Å². The predicted molar refractivity (Wildman–Crippen MR) is 79.4 cm³/mol. The Morgan fingerprint density at radius 3 is 2.50 bits per heavy atom. The Balaban J connectivity index is 1.92. The minimum Gasteiger partial charge on any atom is -0.497 e. The lowest BCUT2D eigenvalue weighted by molar-refractivity contribution is 0.0976. The van der Waals surface area contributed by atoms with Crippen molar-refractivity contribution in [3.63, 3.8) is 0 Å². The molecule has 0 saturated carbocycles. The first-order valence-corrected chi connectivity index (χ1v) is 6.88.